The van der Waals surface area contributed by atoms with E-state index < -0.39 is 35.2 Å². The van der Waals surface area contributed by atoms with Crippen molar-refractivity contribution in [3.05, 3.63) is 89.0 Å². The summed E-state index contributed by atoms with van der Waals surface area (Å²) in [6.07, 6.45) is -9.71. The van der Waals surface area contributed by atoms with Crippen LogP contribution in [0.15, 0.2) is 66.7 Å². The molecule has 1 saturated heterocycles. The van der Waals surface area contributed by atoms with Crippen LogP contribution in [0.25, 0.3) is 0 Å². The summed E-state index contributed by atoms with van der Waals surface area (Å²) in [6.45, 7) is 4.26. The van der Waals surface area contributed by atoms with Gasteiger partial charge in [-0.05, 0) is 60.5 Å². The van der Waals surface area contributed by atoms with Crippen molar-refractivity contribution in [1.29, 1.82) is 0 Å². The second-order valence-electron chi connectivity index (χ2n) is 9.39. The number of halogens is 6. The van der Waals surface area contributed by atoms with Crippen molar-refractivity contribution in [2.24, 2.45) is 0 Å². The van der Waals surface area contributed by atoms with Crippen molar-refractivity contribution in [2.75, 3.05) is 41.7 Å². The van der Waals surface area contributed by atoms with Gasteiger partial charge in [-0.3, -0.25) is 4.79 Å². The van der Waals surface area contributed by atoms with E-state index in [0.717, 1.165) is 16.8 Å². The maximum Gasteiger partial charge on any atom is 0.416 e. The normalized spacial score (nSPS) is 14.2. The van der Waals surface area contributed by atoms with Gasteiger partial charge < -0.3 is 20.4 Å². The Morgan fingerprint density at radius 1 is 0.750 bits per heavy atom. The molecule has 1 heterocycles. The summed E-state index contributed by atoms with van der Waals surface area (Å²) in [7, 11) is 0. The number of nitrogens with one attached hydrogen (secondary N) is 2. The summed E-state index contributed by atoms with van der Waals surface area (Å²) in [6, 6.07) is 14.2. The van der Waals surface area contributed by atoms with E-state index in [9.17, 15) is 35.9 Å². The summed E-state index contributed by atoms with van der Waals surface area (Å²) in [5.74, 6) is 0.0580. The van der Waals surface area contributed by atoms with Gasteiger partial charge in [0.1, 0.15) is 0 Å². The SMILES string of the molecule is Cc1ccccc1CC(=O)N1CCN(c2ccc(NC(=O)Nc3cc(C(F)(F)F)cc(C(F)(F)F)c3)cc2)CC1. The first-order chi connectivity index (χ1) is 18.8. The highest BCUT2D eigenvalue weighted by Crippen LogP contribution is 2.37. The molecule has 1 aliphatic rings. The Morgan fingerprint density at radius 2 is 1.30 bits per heavy atom. The van der Waals surface area contributed by atoms with Crippen molar-refractivity contribution in [3.63, 3.8) is 0 Å². The predicted molar refractivity (Wildman–Crippen MR) is 139 cm³/mol. The number of amides is 3. The van der Waals surface area contributed by atoms with Crippen LogP contribution in [0.2, 0.25) is 0 Å². The molecule has 12 heteroatoms. The van der Waals surface area contributed by atoms with Crippen LogP contribution < -0.4 is 15.5 Å². The summed E-state index contributed by atoms with van der Waals surface area (Å²) >= 11 is 0. The molecule has 4 rings (SSSR count). The lowest BCUT2D eigenvalue weighted by Gasteiger charge is -2.36. The summed E-state index contributed by atoms with van der Waals surface area (Å²) in [4.78, 5) is 28.9. The minimum Gasteiger partial charge on any atom is -0.368 e. The topological polar surface area (TPSA) is 64.7 Å². The lowest BCUT2D eigenvalue weighted by Crippen LogP contribution is -2.49. The lowest BCUT2D eigenvalue weighted by atomic mass is 10.1. The molecule has 3 aromatic rings. The Kier molecular flexibility index (Phi) is 8.26. The molecule has 2 N–H and O–H groups in total. The van der Waals surface area contributed by atoms with Crippen molar-refractivity contribution in [2.45, 2.75) is 25.7 Å². The Hall–Kier alpha value is -4.22. The summed E-state index contributed by atoms with van der Waals surface area (Å²) in [5, 5.41) is 4.43. The largest absolute Gasteiger partial charge is 0.416 e. The molecule has 3 aromatic carbocycles. The number of carbonyl (C=O) groups is 2. The van der Waals surface area contributed by atoms with Gasteiger partial charge in [0.15, 0.2) is 0 Å². The molecule has 212 valence electrons. The van der Waals surface area contributed by atoms with Gasteiger partial charge in [0, 0.05) is 43.2 Å². The average Bonchev–Trinajstić information content (AvgIpc) is 2.89. The predicted octanol–water partition coefficient (Wildman–Crippen LogP) is 6.57. The van der Waals surface area contributed by atoms with Crippen LogP contribution in [-0.4, -0.2) is 43.0 Å². The Morgan fingerprint density at radius 3 is 1.85 bits per heavy atom. The van der Waals surface area contributed by atoms with E-state index in [1.807, 2.05) is 41.4 Å². The van der Waals surface area contributed by atoms with Crippen LogP contribution in [-0.2, 0) is 23.6 Å². The fourth-order valence-corrected chi connectivity index (χ4v) is 4.37. The van der Waals surface area contributed by atoms with Gasteiger partial charge in [0.25, 0.3) is 0 Å². The molecule has 0 radical (unpaired) electrons. The molecule has 0 spiro atoms. The third kappa shape index (κ3) is 7.25. The molecule has 0 aromatic heterocycles. The number of carbonyl (C=O) groups excluding carboxylic acids is 2. The van der Waals surface area contributed by atoms with Crippen molar-refractivity contribution in [1.82, 2.24) is 4.90 Å². The number of rotatable bonds is 5. The van der Waals surface area contributed by atoms with Gasteiger partial charge in [-0.2, -0.15) is 26.3 Å². The number of urea groups is 1. The number of aryl methyl sites for hydroxylation is 1. The van der Waals surface area contributed by atoms with E-state index in [1.54, 1.807) is 24.3 Å². The van der Waals surface area contributed by atoms with E-state index >= 15 is 0 Å². The summed E-state index contributed by atoms with van der Waals surface area (Å²) < 4.78 is 78.3. The highest BCUT2D eigenvalue weighted by atomic mass is 19.4. The minimum atomic E-state index is -5.02. The molecule has 6 nitrogen and oxygen atoms in total. The van der Waals surface area contributed by atoms with E-state index in [-0.39, 0.29) is 17.7 Å². The van der Waals surface area contributed by atoms with Gasteiger partial charge in [-0.1, -0.05) is 24.3 Å². The molecule has 0 atom stereocenters. The van der Waals surface area contributed by atoms with Crippen LogP contribution in [0.4, 0.5) is 48.2 Å². The Labute approximate surface area is 226 Å². The molecular formula is C28H26F6N4O2. The zero-order valence-corrected chi connectivity index (χ0v) is 21.4. The maximum absolute atomic E-state index is 13.1. The highest BCUT2D eigenvalue weighted by molar-refractivity contribution is 6.00. The number of anilines is 3. The first-order valence-corrected chi connectivity index (χ1v) is 12.3. The molecule has 0 bridgehead atoms. The van der Waals surface area contributed by atoms with Gasteiger partial charge in [0.2, 0.25) is 5.91 Å². The first kappa shape index (κ1) is 28.8. The van der Waals surface area contributed by atoms with Crippen molar-refractivity contribution in [3.8, 4) is 0 Å². The highest BCUT2D eigenvalue weighted by Gasteiger charge is 2.37. The number of hydrogen-bond acceptors (Lipinski definition) is 3. The quantitative estimate of drug-likeness (QED) is 0.345. The van der Waals surface area contributed by atoms with Crippen molar-refractivity contribution >= 4 is 29.0 Å². The lowest BCUT2D eigenvalue weighted by molar-refractivity contribution is -0.143. The fraction of sp³-hybridized carbons (Fsp3) is 0.286. The second kappa shape index (κ2) is 11.5. The molecule has 0 unspecified atom stereocenters. The first-order valence-electron chi connectivity index (χ1n) is 12.3. The smallest absolute Gasteiger partial charge is 0.368 e. The summed E-state index contributed by atoms with van der Waals surface area (Å²) in [5.41, 5.74) is -0.515. The molecule has 0 saturated carbocycles. The standard InChI is InChI=1S/C28H26F6N4O2/c1-18-4-2-3-5-19(18)14-25(39)38-12-10-37(11-13-38)24-8-6-22(7-9-24)35-26(40)36-23-16-20(27(29,30)31)15-21(17-23)28(32,33)34/h2-9,15-17H,10-14H2,1H3,(H2,35,36,40). The number of piperazine rings is 1. The third-order valence-electron chi connectivity index (χ3n) is 6.57. The van der Waals surface area contributed by atoms with Gasteiger partial charge >= 0.3 is 18.4 Å². The van der Waals surface area contributed by atoms with Crippen molar-refractivity contribution < 1.29 is 35.9 Å². The van der Waals surface area contributed by atoms with E-state index in [2.05, 4.69) is 10.2 Å². The molecule has 40 heavy (non-hydrogen) atoms. The van der Waals surface area contributed by atoms with Crippen LogP contribution in [0.5, 0.6) is 0 Å². The zero-order valence-electron chi connectivity index (χ0n) is 21.4. The van der Waals surface area contributed by atoms with Gasteiger partial charge in [-0.15, -0.1) is 0 Å². The molecular weight excluding hydrogens is 538 g/mol. The molecule has 1 fully saturated rings. The average molecular weight is 565 g/mol. The van der Waals surface area contributed by atoms with Crippen LogP contribution in [0.1, 0.15) is 22.3 Å². The molecule has 1 aliphatic heterocycles. The molecule has 3 amide bonds. The van der Waals surface area contributed by atoms with Crippen LogP contribution in [0.3, 0.4) is 0 Å². The minimum absolute atomic E-state index is 0.0122. The maximum atomic E-state index is 13.1. The molecule has 0 aliphatic carbocycles. The Bertz CT molecular complexity index is 1330. The second-order valence-corrected chi connectivity index (χ2v) is 9.39. The van der Waals surface area contributed by atoms with Crippen LogP contribution >= 0.6 is 0 Å². The zero-order chi connectivity index (χ0) is 29.1. The van der Waals surface area contributed by atoms with Gasteiger partial charge in [0.05, 0.1) is 17.5 Å². The van der Waals surface area contributed by atoms with E-state index in [0.29, 0.717) is 44.7 Å². The fourth-order valence-electron chi connectivity index (χ4n) is 4.37. The van der Waals surface area contributed by atoms with E-state index in [4.69, 9.17) is 0 Å². The van der Waals surface area contributed by atoms with E-state index in [1.165, 1.54) is 0 Å². The monoisotopic (exact) mass is 564 g/mol. The van der Waals surface area contributed by atoms with Gasteiger partial charge in [-0.25, -0.2) is 4.79 Å². The van der Waals surface area contributed by atoms with Crippen LogP contribution in [0, 0.1) is 6.92 Å². The third-order valence-corrected chi connectivity index (χ3v) is 6.57. The number of hydrogen-bond donors (Lipinski definition) is 2. The number of benzene rings is 3. The number of alkyl halides is 6. The number of nitrogens with zero attached hydrogens (tertiary/aromatic N) is 2. The Balaban J connectivity index is 1.33.